The SMILES string of the molecule is Cn1cccn/c1=N\S(=O)(=O)c1ccc(N)cc1. The van der Waals surface area contributed by atoms with E-state index in [4.69, 9.17) is 5.73 Å². The molecule has 0 radical (unpaired) electrons. The Balaban J connectivity index is 2.55. The number of nitrogens with zero attached hydrogens (tertiary/aromatic N) is 3. The van der Waals surface area contributed by atoms with E-state index in [1.54, 1.807) is 19.3 Å². The number of sulfonamides is 1. The lowest BCUT2D eigenvalue weighted by Gasteiger charge is -2.00. The Morgan fingerprint density at radius 3 is 2.56 bits per heavy atom. The van der Waals surface area contributed by atoms with Gasteiger partial charge < -0.3 is 10.3 Å². The molecule has 2 rings (SSSR count). The average molecular weight is 264 g/mol. The van der Waals surface area contributed by atoms with Gasteiger partial charge in [0.05, 0.1) is 4.90 Å². The Hall–Kier alpha value is -2.15. The Kier molecular flexibility index (Phi) is 3.15. The molecule has 0 bridgehead atoms. The number of hydrogen-bond acceptors (Lipinski definition) is 4. The summed E-state index contributed by atoms with van der Waals surface area (Å²) in [5.74, 6) is 0. The predicted molar refractivity (Wildman–Crippen MR) is 66.8 cm³/mol. The molecule has 0 atom stereocenters. The molecule has 18 heavy (non-hydrogen) atoms. The van der Waals surface area contributed by atoms with Gasteiger partial charge in [-0.25, -0.2) is 4.98 Å². The zero-order chi connectivity index (χ0) is 13.2. The summed E-state index contributed by atoms with van der Waals surface area (Å²) in [6, 6.07) is 7.55. The minimum atomic E-state index is -3.77. The Morgan fingerprint density at radius 1 is 1.28 bits per heavy atom. The van der Waals surface area contributed by atoms with Crippen LogP contribution in [0.1, 0.15) is 0 Å². The third kappa shape index (κ3) is 2.57. The van der Waals surface area contributed by atoms with Crippen LogP contribution in [0.2, 0.25) is 0 Å². The first-order valence-corrected chi connectivity index (χ1v) is 6.57. The van der Waals surface area contributed by atoms with Crippen LogP contribution >= 0.6 is 0 Å². The molecule has 0 aliphatic heterocycles. The van der Waals surface area contributed by atoms with Gasteiger partial charge >= 0.3 is 0 Å². The second kappa shape index (κ2) is 4.61. The highest BCUT2D eigenvalue weighted by atomic mass is 32.2. The number of anilines is 1. The van der Waals surface area contributed by atoms with Gasteiger partial charge in [-0.2, -0.15) is 8.42 Å². The monoisotopic (exact) mass is 264 g/mol. The molecule has 0 fully saturated rings. The molecular formula is C11H12N4O2S. The summed E-state index contributed by atoms with van der Waals surface area (Å²) < 4.78 is 29.2. The van der Waals surface area contributed by atoms with E-state index in [0.717, 1.165) is 0 Å². The molecule has 2 aromatic rings. The molecule has 0 aliphatic rings. The first-order chi connectivity index (χ1) is 8.49. The molecule has 0 unspecified atom stereocenters. The van der Waals surface area contributed by atoms with Crippen molar-refractivity contribution >= 4 is 15.7 Å². The van der Waals surface area contributed by atoms with Crippen molar-refractivity contribution in [1.82, 2.24) is 9.55 Å². The smallest absolute Gasteiger partial charge is 0.285 e. The van der Waals surface area contributed by atoms with Gasteiger partial charge in [0, 0.05) is 25.1 Å². The van der Waals surface area contributed by atoms with E-state index >= 15 is 0 Å². The number of aromatic nitrogens is 2. The number of hydrogen-bond donors (Lipinski definition) is 1. The van der Waals surface area contributed by atoms with Gasteiger partial charge in [-0.05, 0) is 30.3 Å². The molecule has 0 amide bonds. The summed E-state index contributed by atoms with van der Waals surface area (Å²) >= 11 is 0. The van der Waals surface area contributed by atoms with Crippen LogP contribution in [0.4, 0.5) is 5.69 Å². The van der Waals surface area contributed by atoms with E-state index in [1.165, 1.54) is 35.0 Å². The highest BCUT2D eigenvalue weighted by Gasteiger charge is 2.12. The van der Waals surface area contributed by atoms with E-state index in [1.807, 2.05) is 0 Å². The Bertz CT molecular complexity index is 717. The summed E-state index contributed by atoms with van der Waals surface area (Å²) in [6.07, 6.45) is 3.15. The molecule has 0 saturated carbocycles. The second-order valence-electron chi connectivity index (χ2n) is 3.67. The van der Waals surface area contributed by atoms with Crippen LogP contribution in [-0.2, 0) is 17.1 Å². The molecular weight excluding hydrogens is 252 g/mol. The standard InChI is InChI=1S/C11H12N4O2S/c1-15-8-2-7-13-11(15)14-18(16,17)10-5-3-9(12)4-6-10/h2-8H,12H2,1H3/b14-11+. The first kappa shape index (κ1) is 12.3. The van der Waals surface area contributed by atoms with Crippen LogP contribution in [0, 0.1) is 0 Å². The number of aryl methyl sites for hydroxylation is 1. The van der Waals surface area contributed by atoms with Gasteiger partial charge in [0.1, 0.15) is 0 Å². The maximum atomic E-state index is 12.0. The fourth-order valence-corrected chi connectivity index (χ4v) is 2.30. The van der Waals surface area contributed by atoms with E-state index in [-0.39, 0.29) is 10.5 Å². The molecule has 0 aliphatic carbocycles. The molecule has 0 saturated heterocycles. The van der Waals surface area contributed by atoms with Crippen LogP contribution in [0.3, 0.4) is 0 Å². The van der Waals surface area contributed by atoms with Gasteiger partial charge in [0.2, 0.25) is 5.62 Å². The normalized spacial score (nSPS) is 12.6. The Morgan fingerprint density at radius 2 is 1.94 bits per heavy atom. The average Bonchev–Trinajstić information content (AvgIpc) is 2.32. The predicted octanol–water partition coefficient (Wildman–Crippen LogP) is 0.292. The highest BCUT2D eigenvalue weighted by Crippen LogP contribution is 2.13. The third-order valence-corrected chi connectivity index (χ3v) is 3.55. The topological polar surface area (TPSA) is 90.3 Å². The van der Waals surface area contributed by atoms with Crippen molar-refractivity contribution in [2.75, 3.05) is 5.73 Å². The molecule has 1 aromatic heterocycles. The van der Waals surface area contributed by atoms with Crippen LogP contribution in [0.15, 0.2) is 52.0 Å². The van der Waals surface area contributed by atoms with Crippen LogP contribution in [0.25, 0.3) is 0 Å². The van der Waals surface area contributed by atoms with E-state index in [0.29, 0.717) is 5.69 Å². The van der Waals surface area contributed by atoms with Crippen molar-refractivity contribution in [3.05, 3.63) is 48.3 Å². The van der Waals surface area contributed by atoms with Gasteiger partial charge in [0.25, 0.3) is 10.0 Å². The minimum absolute atomic E-state index is 0.0855. The van der Waals surface area contributed by atoms with E-state index < -0.39 is 10.0 Å². The molecule has 1 heterocycles. The largest absolute Gasteiger partial charge is 0.399 e. The lowest BCUT2D eigenvalue weighted by molar-refractivity contribution is 0.594. The second-order valence-corrected chi connectivity index (χ2v) is 5.27. The van der Waals surface area contributed by atoms with Crippen molar-refractivity contribution in [3.63, 3.8) is 0 Å². The van der Waals surface area contributed by atoms with Gasteiger partial charge in [-0.3, -0.25) is 0 Å². The lowest BCUT2D eigenvalue weighted by atomic mass is 10.3. The van der Waals surface area contributed by atoms with Crippen LogP contribution in [0.5, 0.6) is 0 Å². The summed E-state index contributed by atoms with van der Waals surface area (Å²) in [6.45, 7) is 0. The number of nitrogen functional groups attached to an aromatic ring is 1. The fraction of sp³-hybridized carbons (Fsp3) is 0.0909. The minimum Gasteiger partial charge on any atom is -0.399 e. The van der Waals surface area contributed by atoms with Crippen molar-refractivity contribution in [3.8, 4) is 0 Å². The number of rotatable bonds is 2. The van der Waals surface area contributed by atoms with Crippen molar-refractivity contribution in [2.45, 2.75) is 4.90 Å². The summed E-state index contributed by atoms with van der Waals surface area (Å²) in [5.41, 5.74) is 6.12. The molecule has 6 nitrogen and oxygen atoms in total. The molecule has 0 spiro atoms. The molecule has 94 valence electrons. The van der Waals surface area contributed by atoms with Gasteiger partial charge in [0.15, 0.2) is 0 Å². The Labute approximate surface area is 104 Å². The van der Waals surface area contributed by atoms with Crippen molar-refractivity contribution < 1.29 is 8.42 Å². The number of benzene rings is 1. The zero-order valence-electron chi connectivity index (χ0n) is 9.69. The molecule has 1 aromatic carbocycles. The lowest BCUT2D eigenvalue weighted by Crippen LogP contribution is -2.22. The van der Waals surface area contributed by atoms with E-state index in [9.17, 15) is 8.42 Å². The van der Waals surface area contributed by atoms with Crippen molar-refractivity contribution in [2.24, 2.45) is 11.4 Å². The quantitative estimate of drug-likeness (QED) is 0.789. The van der Waals surface area contributed by atoms with Crippen molar-refractivity contribution in [1.29, 1.82) is 0 Å². The summed E-state index contributed by atoms with van der Waals surface area (Å²) in [7, 11) is -2.10. The molecule has 2 N–H and O–H groups in total. The number of nitrogens with two attached hydrogens (primary N) is 1. The maximum Gasteiger partial charge on any atom is 0.285 e. The molecule has 7 heteroatoms. The van der Waals surface area contributed by atoms with Gasteiger partial charge in [-0.1, -0.05) is 0 Å². The highest BCUT2D eigenvalue weighted by molar-refractivity contribution is 7.90. The summed E-state index contributed by atoms with van der Waals surface area (Å²) in [5, 5.41) is 0. The van der Waals surface area contributed by atoms with Gasteiger partial charge in [-0.15, -0.1) is 4.40 Å². The summed E-state index contributed by atoms with van der Waals surface area (Å²) in [4.78, 5) is 3.98. The maximum absolute atomic E-state index is 12.0. The van der Waals surface area contributed by atoms with Crippen LogP contribution in [-0.4, -0.2) is 18.0 Å². The third-order valence-electron chi connectivity index (χ3n) is 2.28. The first-order valence-electron chi connectivity index (χ1n) is 5.13. The van der Waals surface area contributed by atoms with E-state index in [2.05, 4.69) is 9.38 Å². The fourth-order valence-electron chi connectivity index (χ4n) is 1.32. The van der Waals surface area contributed by atoms with Crippen LogP contribution < -0.4 is 11.4 Å². The zero-order valence-corrected chi connectivity index (χ0v) is 10.5.